The number of aliphatic hydroxyl groups excluding tert-OH is 1. The highest BCUT2D eigenvalue weighted by Gasteiger charge is 2.59. The molecule has 0 spiro atoms. The van der Waals surface area contributed by atoms with Gasteiger partial charge in [0.15, 0.2) is 17.7 Å². The van der Waals surface area contributed by atoms with Crippen LogP contribution in [0.2, 0.25) is 0 Å². The van der Waals surface area contributed by atoms with Gasteiger partial charge in [-0.2, -0.15) is 3.89 Å². The van der Waals surface area contributed by atoms with Gasteiger partial charge >= 0.3 is 12.1 Å². The molecule has 0 bridgehead atoms. The molecule has 6 rings (SSSR count). The monoisotopic (exact) mass is 939 g/mol. The zero-order chi connectivity index (χ0) is 47.1. The van der Waals surface area contributed by atoms with Crippen LogP contribution in [0, 0.1) is 5.92 Å². The first kappa shape index (κ1) is 51.6. The van der Waals surface area contributed by atoms with Crippen molar-refractivity contribution in [3.05, 3.63) is 30.5 Å². The topological polar surface area (TPSA) is 180 Å². The number of ketones is 1. The van der Waals surface area contributed by atoms with Crippen molar-refractivity contribution >= 4 is 51.5 Å². The van der Waals surface area contributed by atoms with Gasteiger partial charge in [0.25, 0.3) is 5.67 Å². The lowest BCUT2D eigenvalue weighted by Gasteiger charge is -2.45. The molecule has 3 fully saturated rings. The third-order valence-corrected chi connectivity index (χ3v) is 13.9. The average molecular weight is 940 g/mol. The molecule has 4 unspecified atom stereocenters. The zero-order valence-corrected chi connectivity index (χ0v) is 40.5. The van der Waals surface area contributed by atoms with Crippen LogP contribution in [0.25, 0.3) is 20.9 Å². The molecule has 2 N–H and O–H groups in total. The number of halogens is 2. The molecule has 12 atom stereocenters. The second-order valence-electron chi connectivity index (χ2n) is 18.1. The normalized spacial score (nSPS) is 34.4. The fourth-order valence-corrected chi connectivity index (χ4v) is 10.1. The number of aromatic nitrogens is 4. The van der Waals surface area contributed by atoms with Crippen molar-refractivity contribution in [3.63, 3.8) is 0 Å². The fraction of sp³-hybridized carbons (Fsp3) is 0.727. The molecule has 1 amide bonds. The number of aryl methyl sites for hydroxylation is 1. The number of thiazole rings is 1. The molecule has 358 valence electrons. The van der Waals surface area contributed by atoms with E-state index in [2.05, 4.69) is 20.6 Å². The highest BCUT2D eigenvalue weighted by molar-refractivity contribution is 7.93. The van der Waals surface area contributed by atoms with Gasteiger partial charge in [0.2, 0.25) is 0 Å². The van der Waals surface area contributed by atoms with Crippen LogP contribution in [0.15, 0.2) is 30.5 Å². The Labute approximate surface area is 383 Å². The standard InChI is InChI=1S/C43H64FN7O9S.CH3FS/c1-11-33-43(7)36(51(40(55)60-43)19-15-14-18-50-24-29(47-48-50)37-46-28-16-12-13-17-31(28)61-37)27(4)45-23-25(2)22-41(5,56-10)34(21-32(52)42(6,44)39(54)59-33)58-38-35(53)30(49(8)9)20-26(3)57-38;1-3-2/h12-13,16-17,24-27,30,33-36,38,45,53H,11,14-15,18-23H2,1-10H3;1H3/t25-,26?,27-,30?,33-,34-,35?,36-,38+,41-,42?,43-;/m1./s1. The van der Waals surface area contributed by atoms with Crippen LogP contribution in [0.4, 0.5) is 13.1 Å². The first-order valence-corrected chi connectivity index (χ1v) is 23.9. The van der Waals surface area contributed by atoms with Crippen LogP contribution in [0.3, 0.4) is 0 Å². The number of fused-ring (bicyclic) bond motifs is 2. The molecule has 64 heavy (non-hydrogen) atoms. The summed E-state index contributed by atoms with van der Waals surface area (Å²) in [6.45, 7) is 13.3. The molecule has 3 aromatic rings. The predicted octanol–water partition coefficient (Wildman–Crippen LogP) is 6.39. The van der Waals surface area contributed by atoms with E-state index in [1.807, 2.05) is 70.2 Å². The molecule has 3 saturated heterocycles. The predicted molar refractivity (Wildman–Crippen MR) is 241 cm³/mol. The van der Waals surface area contributed by atoms with Gasteiger partial charge < -0.3 is 39.0 Å². The Bertz CT molecular complexity index is 1990. The first-order valence-electron chi connectivity index (χ1n) is 22.0. The van der Waals surface area contributed by atoms with E-state index in [-0.39, 0.29) is 36.6 Å². The smallest absolute Gasteiger partial charge is 0.410 e. The number of ether oxygens (including phenoxy) is 5. The number of carbonyl (C=O) groups excluding carboxylic acids is 3. The lowest BCUT2D eigenvalue weighted by Crippen LogP contribution is -2.61. The number of benzene rings is 1. The molecule has 0 radical (unpaired) electrons. The number of esters is 1. The number of amides is 1. The van der Waals surface area contributed by atoms with Crippen molar-refractivity contribution in [1.29, 1.82) is 0 Å². The summed E-state index contributed by atoms with van der Waals surface area (Å²) in [5.41, 5.74) is -4.11. The molecule has 0 saturated carbocycles. The summed E-state index contributed by atoms with van der Waals surface area (Å²) >= 11 is 1.81. The minimum absolute atomic E-state index is 0.103. The Morgan fingerprint density at radius 1 is 1.11 bits per heavy atom. The molecule has 3 aliphatic rings. The minimum Gasteiger partial charge on any atom is -0.455 e. The van der Waals surface area contributed by atoms with Gasteiger partial charge in [-0.15, -0.1) is 16.4 Å². The molecule has 1 aromatic carbocycles. The summed E-state index contributed by atoms with van der Waals surface area (Å²) in [7, 11) is 5.20. The minimum atomic E-state index is -3.10. The largest absolute Gasteiger partial charge is 0.455 e. The number of unbranched alkanes of at least 4 members (excludes halogenated alkanes) is 1. The fourth-order valence-electron chi connectivity index (χ4n) is 9.18. The van der Waals surface area contributed by atoms with Crippen LogP contribution < -0.4 is 5.32 Å². The lowest BCUT2D eigenvalue weighted by atomic mass is 9.83. The number of rotatable bonds is 11. The van der Waals surface area contributed by atoms with Crippen molar-refractivity contribution in [2.75, 3.05) is 40.6 Å². The van der Waals surface area contributed by atoms with Crippen molar-refractivity contribution < 1.29 is 51.5 Å². The van der Waals surface area contributed by atoms with E-state index in [1.165, 1.54) is 13.4 Å². The molecular weight excluding hydrogens is 873 g/mol. The van der Waals surface area contributed by atoms with Crippen LogP contribution >= 0.6 is 23.5 Å². The number of para-hydroxylation sites is 1. The number of nitrogens with zero attached hydrogens (tertiary/aromatic N) is 6. The Kier molecular flexibility index (Phi) is 17.7. The SMILES string of the molecule is CC[C@H]1OC(=O)C(C)(F)C(=O)C[C@@H](O[C@@H]2OC(C)CC(N(C)C)C2O)[C@](C)(OC)C[C@@H](C)CN[C@H](C)[C@H]2N(CCCCn3cc(-c4nc5ccccc5s4)nn3)C(=O)O[C@]12C.CSF. The third kappa shape index (κ3) is 11.6. The number of methoxy groups -OCH3 is 1. The summed E-state index contributed by atoms with van der Waals surface area (Å²) in [4.78, 5) is 49.9. The summed E-state index contributed by atoms with van der Waals surface area (Å²) in [6, 6.07) is 6.58. The van der Waals surface area contributed by atoms with E-state index < -0.39 is 77.8 Å². The molecular formula is C44H67F2N7O9S2. The second kappa shape index (κ2) is 22.0. The van der Waals surface area contributed by atoms with E-state index >= 15 is 4.39 Å². The molecule has 16 nitrogen and oxygen atoms in total. The first-order chi connectivity index (χ1) is 30.2. The van der Waals surface area contributed by atoms with E-state index in [4.69, 9.17) is 23.7 Å². The molecule has 2 aromatic heterocycles. The molecule has 0 aliphatic carbocycles. The number of cyclic esters (lactones) is 1. The number of likely N-dealkylation sites (N-methyl/N-ethyl adjacent to an activating group) is 1. The average Bonchev–Trinajstić information content (AvgIpc) is 3.97. The maximum absolute atomic E-state index is 16.7. The van der Waals surface area contributed by atoms with Crippen LogP contribution in [0.1, 0.15) is 87.0 Å². The number of Topliss-reactive ketones (excluding diaryl/α,β-unsaturated/α-hetero) is 1. The molecule has 20 heteroatoms. The van der Waals surface area contributed by atoms with Crippen molar-refractivity contribution in [2.45, 2.75) is 159 Å². The van der Waals surface area contributed by atoms with Crippen LogP contribution in [-0.2, 0) is 39.8 Å². The van der Waals surface area contributed by atoms with Crippen molar-refractivity contribution in [2.24, 2.45) is 5.92 Å². The summed E-state index contributed by atoms with van der Waals surface area (Å²) in [6.07, 6.45) is -0.330. The number of carbonyl (C=O) groups is 3. The number of nitrogens with one attached hydrogen (secondary N) is 1. The van der Waals surface area contributed by atoms with Gasteiger partial charge in [0.05, 0.1) is 40.3 Å². The quantitative estimate of drug-likeness (QED) is 0.123. The highest BCUT2D eigenvalue weighted by atomic mass is 32.2. The number of alkyl halides is 1. The van der Waals surface area contributed by atoms with E-state index in [0.29, 0.717) is 51.0 Å². The summed E-state index contributed by atoms with van der Waals surface area (Å²) in [5, 5.41) is 24.4. The number of hydrogen-bond donors (Lipinski definition) is 2. The van der Waals surface area contributed by atoms with Crippen LogP contribution in [-0.4, -0.2) is 159 Å². The van der Waals surface area contributed by atoms with Crippen molar-refractivity contribution in [3.8, 4) is 10.7 Å². The maximum Gasteiger partial charge on any atom is 0.410 e. The van der Waals surface area contributed by atoms with Crippen LogP contribution in [0.5, 0.6) is 0 Å². The van der Waals surface area contributed by atoms with Gasteiger partial charge in [-0.05, 0) is 105 Å². The second-order valence-corrected chi connectivity index (χ2v) is 19.4. The van der Waals surface area contributed by atoms with Gasteiger partial charge in [0.1, 0.15) is 22.9 Å². The van der Waals surface area contributed by atoms with E-state index in [9.17, 15) is 23.4 Å². The molecule has 3 aliphatic heterocycles. The molecule has 5 heterocycles. The Balaban J connectivity index is 0.00000250. The maximum atomic E-state index is 16.7. The van der Waals surface area contributed by atoms with Gasteiger partial charge in [-0.1, -0.05) is 31.2 Å². The Morgan fingerprint density at radius 2 is 1.80 bits per heavy atom. The number of aliphatic hydroxyl groups is 1. The third-order valence-electron chi connectivity index (χ3n) is 12.8. The van der Waals surface area contributed by atoms with E-state index in [1.54, 1.807) is 41.7 Å². The van der Waals surface area contributed by atoms with Gasteiger partial charge in [-0.3, -0.25) is 14.4 Å². The number of hydrogen-bond acceptors (Lipinski definition) is 16. The lowest BCUT2D eigenvalue weighted by molar-refractivity contribution is -0.289. The summed E-state index contributed by atoms with van der Waals surface area (Å²) in [5.74, 6) is -2.58. The van der Waals surface area contributed by atoms with Crippen molar-refractivity contribution in [1.82, 2.24) is 35.1 Å². The Hall–Kier alpha value is -3.37. The van der Waals surface area contributed by atoms with Gasteiger partial charge in [0, 0.05) is 57.1 Å². The Morgan fingerprint density at radius 3 is 2.45 bits per heavy atom. The van der Waals surface area contributed by atoms with E-state index in [0.717, 1.165) is 22.1 Å². The zero-order valence-electron chi connectivity index (χ0n) is 38.9. The van der Waals surface area contributed by atoms with Gasteiger partial charge in [-0.25, -0.2) is 19.0 Å². The highest BCUT2D eigenvalue weighted by Crippen LogP contribution is 2.40. The summed E-state index contributed by atoms with van der Waals surface area (Å²) < 4.78 is 60.4.